The van der Waals surface area contributed by atoms with Crippen LogP contribution in [0, 0.1) is 0 Å². The van der Waals surface area contributed by atoms with Crippen LogP contribution in [0.2, 0.25) is 0 Å². The SMILES string of the molecule is CC(C)(C)OC(=O)N1CCC(N2CCN(c3ccc4c(c3)C(=O)N(C3CCC(=O)NC3=O)C4=O)CC2)CC1.CI.CI.O=C1CCC(N2C(=O)c3ccc(N4CCN(C5CCNCC5)CC4)cc3C2=O)C(=O)N1. The fourth-order valence-corrected chi connectivity index (χ4v) is 10.9. The molecular formula is C51H68I2N10O10. The van der Waals surface area contributed by atoms with Gasteiger partial charge in [0, 0.05) is 102 Å². The Hall–Kier alpha value is -4.79. The van der Waals surface area contributed by atoms with Crippen molar-refractivity contribution < 1.29 is 47.9 Å². The van der Waals surface area contributed by atoms with E-state index in [1.54, 1.807) is 29.2 Å². The van der Waals surface area contributed by atoms with Crippen LogP contribution in [0.25, 0.3) is 0 Å². The van der Waals surface area contributed by atoms with Crippen LogP contribution >= 0.6 is 45.2 Å². The van der Waals surface area contributed by atoms with Gasteiger partial charge in [-0.1, -0.05) is 45.2 Å². The number of fused-ring (bicyclic) bond motifs is 2. The molecule has 0 aliphatic carbocycles. The zero-order valence-corrected chi connectivity index (χ0v) is 46.7. The van der Waals surface area contributed by atoms with Gasteiger partial charge >= 0.3 is 6.09 Å². The number of nitrogens with zero attached hydrogens (tertiary/aromatic N) is 7. The number of alkyl halides is 2. The molecule has 20 nitrogen and oxygen atoms in total. The second kappa shape index (κ2) is 24.7. The number of carbonyl (C=O) groups excluding carboxylic acids is 9. The van der Waals surface area contributed by atoms with Crippen molar-refractivity contribution in [2.24, 2.45) is 0 Å². The smallest absolute Gasteiger partial charge is 0.410 e. The molecule has 0 saturated carbocycles. The average molecular weight is 1230 g/mol. The van der Waals surface area contributed by atoms with E-state index in [9.17, 15) is 43.2 Å². The van der Waals surface area contributed by atoms with Crippen molar-refractivity contribution in [2.75, 3.05) is 98.2 Å². The number of imide groups is 4. The molecule has 0 spiro atoms. The van der Waals surface area contributed by atoms with Crippen LogP contribution in [0.4, 0.5) is 16.2 Å². The molecule has 9 amide bonds. The Kier molecular flexibility index (Phi) is 18.9. The Balaban J connectivity index is 0.000000204. The van der Waals surface area contributed by atoms with Gasteiger partial charge in [-0.05, 0) is 119 Å². The summed E-state index contributed by atoms with van der Waals surface area (Å²) in [5.74, 6) is -3.85. The van der Waals surface area contributed by atoms with Crippen LogP contribution in [0.3, 0.4) is 0 Å². The summed E-state index contributed by atoms with van der Waals surface area (Å²) in [6, 6.07) is 9.78. The Morgan fingerprint density at radius 1 is 0.521 bits per heavy atom. The van der Waals surface area contributed by atoms with E-state index < -0.39 is 59.0 Å². The first kappa shape index (κ1) is 55.9. The van der Waals surface area contributed by atoms with Crippen molar-refractivity contribution in [3.8, 4) is 0 Å². The number of ether oxygens (including phenoxy) is 1. The highest BCUT2D eigenvalue weighted by Crippen LogP contribution is 2.33. The van der Waals surface area contributed by atoms with E-state index in [1.807, 2.05) is 42.8 Å². The normalized spacial score (nSPS) is 23.4. The highest BCUT2D eigenvalue weighted by atomic mass is 127. The number of hydrogen-bond acceptors (Lipinski definition) is 15. The molecule has 22 heteroatoms. The molecule has 6 saturated heterocycles. The number of benzene rings is 2. The highest BCUT2D eigenvalue weighted by Gasteiger charge is 2.46. The number of carbonyl (C=O) groups is 9. The third kappa shape index (κ3) is 12.7. The first-order valence-electron chi connectivity index (χ1n) is 25.2. The predicted octanol–water partition coefficient (Wildman–Crippen LogP) is 3.67. The molecule has 2 aromatic rings. The van der Waals surface area contributed by atoms with E-state index in [0.29, 0.717) is 47.4 Å². The topological polar surface area (TPSA) is 222 Å². The fourth-order valence-electron chi connectivity index (χ4n) is 10.9. The zero-order chi connectivity index (χ0) is 52.7. The first-order chi connectivity index (χ1) is 35.0. The van der Waals surface area contributed by atoms with Gasteiger partial charge in [0.2, 0.25) is 23.6 Å². The minimum atomic E-state index is -0.964. The summed E-state index contributed by atoms with van der Waals surface area (Å²) in [6.45, 7) is 16.2. The van der Waals surface area contributed by atoms with Crippen LogP contribution in [-0.2, 0) is 23.9 Å². The summed E-state index contributed by atoms with van der Waals surface area (Å²) in [5.41, 5.74) is 2.56. The van der Waals surface area contributed by atoms with Gasteiger partial charge < -0.3 is 24.8 Å². The largest absolute Gasteiger partial charge is 0.444 e. The Bertz CT molecular complexity index is 2440. The molecule has 10 rings (SSSR count). The highest BCUT2D eigenvalue weighted by molar-refractivity contribution is 14.1. The van der Waals surface area contributed by atoms with Gasteiger partial charge in [-0.15, -0.1) is 0 Å². The lowest BCUT2D eigenvalue weighted by Crippen LogP contribution is -2.54. The second-order valence-electron chi connectivity index (χ2n) is 20.1. The van der Waals surface area contributed by atoms with Gasteiger partial charge in [-0.25, -0.2) is 4.79 Å². The van der Waals surface area contributed by atoms with Crippen molar-refractivity contribution in [3.05, 3.63) is 58.7 Å². The zero-order valence-electron chi connectivity index (χ0n) is 42.4. The lowest BCUT2D eigenvalue weighted by atomic mass is 10.0. The molecule has 2 unspecified atom stereocenters. The Morgan fingerprint density at radius 3 is 1.29 bits per heavy atom. The average Bonchev–Trinajstić information content (AvgIpc) is 3.80. The molecule has 8 aliphatic rings. The molecule has 396 valence electrons. The van der Waals surface area contributed by atoms with Gasteiger partial charge in [0.25, 0.3) is 23.6 Å². The molecule has 3 N–H and O–H groups in total. The van der Waals surface area contributed by atoms with E-state index in [0.717, 1.165) is 99.5 Å². The number of nitrogens with one attached hydrogen (secondary N) is 3. The number of piperazine rings is 2. The number of amides is 9. The summed E-state index contributed by atoms with van der Waals surface area (Å²) in [7, 11) is 0. The van der Waals surface area contributed by atoms with E-state index in [-0.39, 0.29) is 37.7 Å². The number of halogens is 2. The quantitative estimate of drug-likeness (QED) is 0.214. The lowest BCUT2D eigenvalue weighted by Gasteiger charge is -2.43. The summed E-state index contributed by atoms with van der Waals surface area (Å²) in [5, 5.41) is 7.86. The van der Waals surface area contributed by atoms with E-state index >= 15 is 0 Å². The minimum Gasteiger partial charge on any atom is -0.444 e. The second-order valence-corrected chi connectivity index (χ2v) is 20.1. The number of piperidine rings is 4. The Labute approximate surface area is 454 Å². The fraction of sp³-hybridized carbons (Fsp3) is 0.588. The number of hydrogen-bond donors (Lipinski definition) is 3. The van der Waals surface area contributed by atoms with Crippen LogP contribution < -0.4 is 25.8 Å². The van der Waals surface area contributed by atoms with Crippen LogP contribution in [0.1, 0.15) is 114 Å². The van der Waals surface area contributed by atoms with E-state index in [1.165, 1.54) is 12.8 Å². The van der Waals surface area contributed by atoms with Gasteiger partial charge in [-0.2, -0.15) is 0 Å². The van der Waals surface area contributed by atoms with Crippen LogP contribution in [-0.4, -0.2) is 196 Å². The molecule has 0 radical (unpaired) electrons. The summed E-state index contributed by atoms with van der Waals surface area (Å²) >= 11 is 4.30. The van der Waals surface area contributed by atoms with Gasteiger partial charge in [0.15, 0.2) is 0 Å². The van der Waals surface area contributed by atoms with Gasteiger partial charge in [-0.3, -0.25) is 68.6 Å². The van der Waals surface area contributed by atoms with E-state index in [4.69, 9.17) is 4.74 Å². The molecule has 0 aromatic heterocycles. The number of anilines is 2. The summed E-state index contributed by atoms with van der Waals surface area (Å²) < 4.78 is 5.50. The molecule has 2 aromatic carbocycles. The maximum Gasteiger partial charge on any atom is 0.410 e. The van der Waals surface area contributed by atoms with Crippen LogP contribution in [0.15, 0.2) is 36.4 Å². The lowest BCUT2D eigenvalue weighted by molar-refractivity contribution is -0.137. The molecular weight excluding hydrogens is 1170 g/mol. The van der Waals surface area contributed by atoms with Crippen molar-refractivity contribution in [2.45, 2.75) is 102 Å². The molecule has 8 aliphatic heterocycles. The van der Waals surface area contributed by atoms with Gasteiger partial charge in [0.1, 0.15) is 17.7 Å². The maximum atomic E-state index is 13.2. The first-order valence-corrected chi connectivity index (χ1v) is 29.5. The van der Waals surface area contributed by atoms with Crippen molar-refractivity contribution >= 4 is 110 Å². The number of likely N-dealkylation sites (tertiary alicyclic amines) is 1. The van der Waals surface area contributed by atoms with Crippen molar-refractivity contribution in [1.82, 2.24) is 40.4 Å². The van der Waals surface area contributed by atoms with Crippen LogP contribution in [0.5, 0.6) is 0 Å². The summed E-state index contributed by atoms with van der Waals surface area (Å²) in [4.78, 5) is 129. The molecule has 8 heterocycles. The summed E-state index contributed by atoms with van der Waals surface area (Å²) in [6.07, 6.45) is 4.47. The van der Waals surface area contributed by atoms with E-state index in [2.05, 4.69) is 80.7 Å². The number of rotatable bonds is 6. The Morgan fingerprint density at radius 2 is 0.904 bits per heavy atom. The van der Waals surface area contributed by atoms with Crippen molar-refractivity contribution in [1.29, 1.82) is 0 Å². The molecule has 2 atom stereocenters. The van der Waals surface area contributed by atoms with Gasteiger partial charge in [0.05, 0.1) is 22.3 Å². The predicted molar refractivity (Wildman–Crippen MR) is 290 cm³/mol. The monoisotopic (exact) mass is 1230 g/mol. The third-order valence-electron chi connectivity index (χ3n) is 14.7. The third-order valence-corrected chi connectivity index (χ3v) is 14.7. The minimum absolute atomic E-state index is 0.0966. The van der Waals surface area contributed by atoms with Crippen molar-refractivity contribution in [3.63, 3.8) is 0 Å². The molecule has 6 fully saturated rings. The standard InChI is InChI=1S/C27H35N5O6.C22H27N5O4.2CH3I/c1-27(2,3)38-26(37)31-10-8-17(9-11-31)29-12-14-30(15-13-29)18-4-5-19-20(16-18)25(36)32(24(19)35)21-6-7-22(33)28-23(21)34;28-19-4-3-18(20(29)24-19)27-21(30)16-2-1-15(13-17(16)22(27)31)26-11-9-25(10-12-26)14-5-7-23-8-6-14;2*1-2/h4-5,16-17,21H,6-15H2,1-3H3,(H,28,33,34);1-2,13-14,18,23H,3-12H2,(H,24,28,29);2*1H3. The maximum absolute atomic E-state index is 13.2. The molecule has 0 bridgehead atoms. The molecule has 73 heavy (non-hydrogen) atoms.